The molecule has 0 aliphatic rings. The van der Waals surface area contributed by atoms with Gasteiger partial charge in [0.1, 0.15) is 34.8 Å². The standard InChI is InChI=1S/C27H30ClN5O5S.ClH/c1-18(2)15-37-20-5-4-6-21(14-20)38-24-8-7-19(13-22(24)28)32-27-26-23(30-17-31-27)9-11-33(26)12-10-29-25(34)16-39(3,35)36;/h4-9,11,13-14,17-18H,10,12,15-16H2,1-3H3,(H,29,34)(H,30,31,32);1H. The van der Waals surface area contributed by atoms with Crippen molar-refractivity contribution >= 4 is 62.3 Å². The van der Waals surface area contributed by atoms with E-state index in [1.807, 2.05) is 47.2 Å². The normalized spacial score (nSPS) is 11.2. The predicted molar refractivity (Wildman–Crippen MR) is 159 cm³/mol. The van der Waals surface area contributed by atoms with Gasteiger partial charge in [-0.05, 0) is 42.3 Å². The Hall–Kier alpha value is -3.54. The molecule has 2 N–H and O–H groups in total. The second-order valence-corrected chi connectivity index (χ2v) is 12.0. The molecule has 0 fully saturated rings. The number of aromatic nitrogens is 3. The van der Waals surface area contributed by atoms with E-state index in [-0.39, 0.29) is 19.0 Å². The van der Waals surface area contributed by atoms with Crippen LogP contribution in [0.2, 0.25) is 5.02 Å². The summed E-state index contributed by atoms with van der Waals surface area (Å²) >= 11 is 6.54. The van der Waals surface area contributed by atoms with Crippen LogP contribution in [0.3, 0.4) is 0 Å². The lowest BCUT2D eigenvalue weighted by Crippen LogP contribution is -2.32. The number of hydrogen-bond donors (Lipinski definition) is 2. The molecule has 0 aliphatic heterocycles. The number of sulfone groups is 1. The van der Waals surface area contributed by atoms with E-state index < -0.39 is 21.5 Å². The Balaban J connectivity index is 0.00000441. The molecule has 10 nitrogen and oxygen atoms in total. The maximum atomic E-state index is 11.8. The Morgan fingerprint density at radius 3 is 2.60 bits per heavy atom. The van der Waals surface area contributed by atoms with Gasteiger partial charge >= 0.3 is 0 Å². The Labute approximate surface area is 244 Å². The van der Waals surface area contributed by atoms with E-state index in [9.17, 15) is 13.2 Å². The van der Waals surface area contributed by atoms with Crippen molar-refractivity contribution in [1.29, 1.82) is 0 Å². The number of carbonyl (C=O) groups excluding carboxylic acids is 1. The van der Waals surface area contributed by atoms with E-state index >= 15 is 0 Å². The number of nitrogens with one attached hydrogen (secondary N) is 2. The largest absolute Gasteiger partial charge is 0.493 e. The lowest BCUT2D eigenvalue weighted by atomic mass is 10.2. The Bertz CT molecular complexity index is 1580. The number of carbonyl (C=O) groups is 1. The highest BCUT2D eigenvalue weighted by atomic mass is 35.5. The molecule has 4 rings (SSSR count). The van der Waals surface area contributed by atoms with Gasteiger partial charge in [0, 0.05) is 37.3 Å². The number of benzene rings is 2. The van der Waals surface area contributed by atoms with Crippen LogP contribution < -0.4 is 20.1 Å². The SMILES string of the molecule is CC(C)COc1cccc(Oc2ccc(Nc3ncnc4ccn(CCNC(=O)CS(C)(=O)=O)c34)cc2Cl)c1.Cl. The first-order valence-corrected chi connectivity index (χ1v) is 14.7. The third-order valence-electron chi connectivity index (χ3n) is 5.43. The fraction of sp³-hybridized carbons (Fsp3) is 0.296. The number of ether oxygens (including phenoxy) is 2. The first-order valence-electron chi connectivity index (χ1n) is 12.3. The van der Waals surface area contributed by atoms with E-state index in [0.29, 0.717) is 52.6 Å². The van der Waals surface area contributed by atoms with Crippen LogP contribution in [0.4, 0.5) is 11.5 Å². The summed E-state index contributed by atoms with van der Waals surface area (Å²) in [6.07, 6.45) is 4.31. The number of amides is 1. The maximum Gasteiger partial charge on any atom is 0.235 e. The highest BCUT2D eigenvalue weighted by Crippen LogP contribution is 2.34. The van der Waals surface area contributed by atoms with E-state index in [2.05, 4.69) is 34.4 Å². The van der Waals surface area contributed by atoms with Crippen LogP contribution in [0, 0.1) is 5.92 Å². The molecule has 2 heterocycles. The van der Waals surface area contributed by atoms with Gasteiger partial charge in [-0.15, -0.1) is 12.4 Å². The van der Waals surface area contributed by atoms with Gasteiger partial charge in [0.05, 0.1) is 17.1 Å². The van der Waals surface area contributed by atoms with Gasteiger partial charge in [0.25, 0.3) is 0 Å². The first kappa shape index (κ1) is 31.0. The number of nitrogens with zero attached hydrogens (tertiary/aromatic N) is 3. The first-order chi connectivity index (χ1) is 18.6. The quantitative estimate of drug-likeness (QED) is 0.224. The summed E-state index contributed by atoms with van der Waals surface area (Å²) in [7, 11) is -3.39. The van der Waals surface area contributed by atoms with E-state index in [0.717, 1.165) is 17.5 Å². The van der Waals surface area contributed by atoms with Crippen molar-refractivity contribution in [3.63, 3.8) is 0 Å². The molecule has 40 heavy (non-hydrogen) atoms. The molecule has 0 spiro atoms. The fourth-order valence-corrected chi connectivity index (χ4v) is 4.53. The average Bonchev–Trinajstić information content (AvgIpc) is 3.28. The van der Waals surface area contributed by atoms with Crippen molar-refractivity contribution in [3.05, 3.63) is 66.1 Å². The van der Waals surface area contributed by atoms with Crippen LogP contribution in [0.1, 0.15) is 13.8 Å². The van der Waals surface area contributed by atoms with Crippen LogP contribution in [-0.2, 0) is 21.2 Å². The predicted octanol–water partition coefficient (Wildman–Crippen LogP) is 5.24. The molecule has 0 atom stereocenters. The van der Waals surface area contributed by atoms with Gasteiger partial charge in [-0.2, -0.15) is 0 Å². The zero-order valence-electron chi connectivity index (χ0n) is 22.3. The highest BCUT2D eigenvalue weighted by molar-refractivity contribution is 7.91. The Morgan fingerprint density at radius 2 is 1.88 bits per heavy atom. The lowest BCUT2D eigenvalue weighted by molar-refractivity contribution is -0.118. The minimum atomic E-state index is -3.39. The summed E-state index contributed by atoms with van der Waals surface area (Å²) in [4.78, 5) is 20.5. The van der Waals surface area contributed by atoms with Crippen LogP contribution in [0.25, 0.3) is 11.0 Å². The number of anilines is 2. The topological polar surface area (TPSA) is 124 Å². The molecule has 0 saturated heterocycles. The van der Waals surface area contributed by atoms with Gasteiger partial charge in [-0.3, -0.25) is 4.79 Å². The molecule has 4 aromatic rings. The van der Waals surface area contributed by atoms with Crippen molar-refractivity contribution in [2.75, 3.05) is 30.5 Å². The monoisotopic (exact) mass is 607 g/mol. The van der Waals surface area contributed by atoms with Gasteiger partial charge < -0.3 is 24.7 Å². The second kappa shape index (κ2) is 13.7. The fourth-order valence-electron chi connectivity index (χ4n) is 3.73. The molecule has 0 saturated carbocycles. The molecule has 13 heteroatoms. The van der Waals surface area contributed by atoms with Gasteiger partial charge in [-0.25, -0.2) is 18.4 Å². The van der Waals surface area contributed by atoms with Crippen LogP contribution in [0.15, 0.2) is 61.1 Å². The van der Waals surface area contributed by atoms with Crippen LogP contribution in [-0.4, -0.2) is 54.0 Å². The van der Waals surface area contributed by atoms with Gasteiger partial charge in [0.15, 0.2) is 15.7 Å². The van der Waals surface area contributed by atoms with Crippen LogP contribution >= 0.6 is 24.0 Å². The van der Waals surface area contributed by atoms with Crippen molar-refractivity contribution in [1.82, 2.24) is 19.9 Å². The van der Waals surface area contributed by atoms with Crippen LogP contribution in [0.5, 0.6) is 17.2 Å². The van der Waals surface area contributed by atoms with Gasteiger partial charge in [0.2, 0.25) is 5.91 Å². The number of rotatable bonds is 12. The van der Waals surface area contributed by atoms with Gasteiger partial charge in [-0.1, -0.05) is 31.5 Å². The Morgan fingerprint density at radius 1 is 1.10 bits per heavy atom. The summed E-state index contributed by atoms with van der Waals surface area (Å²) in [5, 5.41) is 6.30. The molecule has 0 bridgehead atoms. The number of hydrogen-bond acceptors (Lipinski definition) is 8. The second-order valence-electron chi connectivity index (χ2n) is 9.44. The molecule has 2 aromatic heterocycles. The molecule has 2 aromatic carbocycles. The lowest BCUT2D eigenvalue weighted by Gasteiger charge is -2.13. The number of halogens is 2. The van der Waals surface area contributed by atoms with Crippen molar-refractivity contribution in [2.45, 2.75) is 20.4 Å². The summed E-state index contributed by atoms with van der Waals surface area (Å²) in [5.74, 6) is 1.69. The molecule has 0 radical (unpaired) electrons. The van der Waals surface area contributed by atoms with Crippen molar-refractivity contribution in [3.8, 4) is 17.2 Å². The van der Waals surface area contributed by atoms with E-state index in [1.165, 1.54) is 6.33 Å². The zero-order valence-corrected chi connectivity index (χ0v) is 24.6. The molecule has 214 valence electrons. The molecular formula is C27H31Cl2N5O5S. The van der Waals surface area contributed by atoms with E-state index in [4.69, 9.17) is 21.1 Å². The summed E-state index contributed by atoms with van der Waals surface area (Å²) in [5.41, 5.74) is 2.13. The minimum absolute atomic E-state index is 0. The molecule has 0 aliphatic carbocycles. The summed E-state index contributed by atoms with van der Waals surface area (Å²) in [6, 6.07) is 14.6. The van der Waals surface area contributed by atoms with E-state index in [1.54, 1.807) is 12.1 Å². The minimum Gasteiger partial charge on any atom is -0.493 e. The third-order valence-corrected chi connectivity index (χ3v) is 6.51. The molecule has 1 amide bonds. The summed E-state index contributed by atoms with van der Waals surface area (Å²) < 4.78 is 36.3. The molecule has 0 unspecified atom stereocenters. The number of fused-ring (bicyclic) bond motifs is 1. The smallest absolute Gasteiger partial charge is 0.235 e. The van der Waals surface area contributed by atoms with Crippen molar-refractivity contribution in [2.24, 2.45) is 5.92 Å². The molecular weight excluding hydrogens is 577 g/mol. The summed E-state index contributed by atoms with van der Waals surface area (Å²) in [6.45, 7) is 5.43. The van der Waals surface area contributed by atoms with Crippen molar-refractivity contribution < 1.29 is 22.7 Å². The Kier molecular flexibility index (Phi) is 10.6. The highest BCUT2D eigenvalue weighted by Gasteiger charge is 2.13. The maximum absolute atomic E-state index is 11.8. The average molecular weight is 609 g/mol. The zero-order chi connectivity index (χ0) is 28.0. The third kappa shape index (κ3) is 8.73.